The van der Waals surface area contributed by atoms with Gasteiger partial charge in [-0.05, 0) is 114 Å². The topological polar surface area (TPSA) is 35.9 Å². The van der Waals surface area contributed by atoms with E-state index < -0.39 is 239 Å². The molecule has 0 unspecified atom stereocenters. The van der Waals surface area contributed by atoms with Gasteiger partial charge >= 0.3 is 0 Å². The molecule has 0 saturated heterocycles. The average molecular weight is 1330 g/mol. The third-order valence-corrected chi connectivity index (χ3v) is 18.3. The molecule has 14 aromatic rings. The van der Waals surface area contributed by atoms with Crippen molar-refractivity contribution >= 4 is 61.7 Å². The van der Waals surface area contributed by atoms with Crippen LogP contribution in [0.25, 0.3) is 83.4 Å². The number of imidazole rings is 1. The molecular weight excluding hydrogens is 1230 g/mol. The Labute approximate surface area is 560 Å². The molecule has 0 fully saturated rings. The van der Waals surface area contributed by atoms with E-state index in [0.29, 0.717) is 21.9 Å². The predicted molar refractivity (Wildman–Crippen MR) is 348 cm³/mol. The average Bonchev–Trinajstić information content (AvgIpc) is 1.26. The quantitative estimate of drug-likeness (QED) is 0.0529. The van der Waals surface area contributed by atoms with Gasteiger partial charge < -0.3 is 13.9 Å². The second-order valence-electron chi connectivity index (χ2n) is 20.2. The van der Waals surface area contributed by atoms with Crippen LogP contribution in [0.3, 0.4) is 0 Å². The summed E-state index contributed by atoms with van der Waals surface area (Å²) in [6.45, 7) is -0.839. The maximum atomic E-state index is 10.9. The Morgan fingerprint density at radius 1 is 0.529 bits per heavy atom. The second kappa shape index (κ2) is 22.6. The summed E-state index contributed by atoms with van der Waals surface area (Å²) in [7, 11) is -6.37. The zero-order chi connectivity index (χ0) is 86.3. The largest absolute Gasteiger partial charge is 0.510 e. The molecule has 0 amide bonds. The van der Waals surface area contributed by atoms with E-state index in [-0.39, 0.29) is 88.6 Å². The van der Waals surface area contributed by atoms with Gasteiger partial charge in [0.05, 0.1) is 55.1 Å². The molecule has 3 aromatic heterocycles. The third kappa shape index (κ3) is 9.85. The van der Waals surface area contributed by atoms with Crippen molar-refractivity contribution in [2.24, 2.45) is 0 Å². The molecule has 3 heterocycles. The smallest absolute Gasteiger partial charge is 0.268 e. The van der Waals surface area contributed by atoms with Crippen LogP contribution in [0.1, 0.15) is 84.1 Å². The minimum absolute atomic E-state index is 0. The molecule has 0 spiro atoms. The number of nitrogens with zero attached hydrogens (tertiary/aromatic N) is 4. The van der Waals surface area contributed by atoms with Crippen molar-refractivity contribution in [3.05, 3.63) is 308 Å². The van der Waals surface area contributed by atoms with Crippen LogP contribution in [0.15, 0.2) is 272 Å². The van der Waals surface area contributed by atoms with Crippen LogP contribution < -0.4 is 30.1 Å². The van der Waals surface area contributed by atoms with Crippen molar-refractivity contribution in [1.29, 1.82) is 0 Å². The number of hydrogen-bond donors (Lipinski definition) is 0. The Morgan fingerprint density at radius 3 is 1.89 bits per heavy atom. The minimum Gasteiger partial charge on any atom is -0.510 e. The van der Waals surface area contributed by atoms with Crippen LogP contribution >= 0.6 is 0 Å². The summed E-state index contributed by atoms with van der Waals surface area (Å²) < 4.78 is 322. The van der Waals surface area contributed by atoms with Gasteiger partial charge in [-0.25, -0.2) is 4.98 Å². The predicted octanol–water partition coefficient (Wildman–Crippen LogP) is 15.9. The molecule has 0 aliphatic rings. The molecule has 0 saturated carbocycles. The Balaban J connectivity index is 0.0000123. The van der Waals surface area contributed by atoms with Gasteiger partial charge in [0, 0.05) is 58.1 Å². The molecular formula is C78H60N4OPtSi-2. The molecule has 0 bridgehead atoms. The van der Waals surface area contributed by atoms with Crippen LogP contribution in [0, 0.1) is 32.2 Å². The standard InChI is InChI=1S/C78H60N4OSi.Pt/c1-54-25-18-19-38-66(54)70-52-79-76(47-55(70)2)82-72-42-21-20-39-68(72)69-45-44-61(51-74(69)82)83-60-30-23-29-59(50-60)80-53-81(73-46-43-57(49-75(73)80)56-26-10-6-11-27-56)77-67(40-24-41-71(77)78(3,4)5)58-28-22-37-65(48-58)84(62-31-12-7-13-32-62,63-33-14-8-15-34-63)64-35-16-9-17-36-64;/h6-49,52H,1-5H3;/q-2;/i1D3,2D3,6D,7D,8D,9D,10D,11D,12D,13D,14D,15D,16D,17D,18D,19D,22D,25D,26D,27D,28D,31D,32D,33D,34D,35D,36D,37D,38D,48D;. The summed E-state index contributed by atoms with van der Waals surface area (Å²) in [5, 5.41) is -3.00. The molecule has 85 heavy (non-hydrogen) atoms. The molecule has 11 aromatic carbocycles. The van der Waals surface area contributed by atoms with E-state index in [2.05, 4.69) is 23.4 Å². The molecule has 0 atom stereocenters. The van der Waals surface area contributed by atoms with Crippen molar-refractivity contribution in [1.82, 2.24) is 14.1 Å². The molecule has 0 aliphatic heterocycles. The maximum Gasteiger partial charge on any atom is 0.268 e. The van der Waals surface area contributed by atoms with Gasteiger partial charge in [-0.1, -0.05) is 244 Å². The number of benzene rings is 11. The van der Waals surface area contributed by atoms with Gasteiger partial charge in [0.2, 0.25) is 0 Å². The number of aromatic nitrogens is 4. The number of hydrogen-bond acceptors (Lipinski definition) is 2. The molecule has 7 heteroatoms. The van der Waals surface area contributed by atoms with Gasteiger partial charge in [0.1, 0.15) is 5.82 Å². The summed E-state index contributed by atoms with van der Waals surface area (Å²) in [6, 6.07) is 3.62. The Morgan fingerprint density at radius 2 is 1.18 bits per heavy atom. The van der Waals surface area contributed by atoms with Gasteiger partial charge in [-0.2, -0.15) is 18.2 Å². The van der Waals surface area contributed by atoms with Gasteiger partial charge in [0.15, 0.2) is 8.07 Å². The van der Waals surface area contributed by atoms with Crippen LogP contribution in [-0.4, -0.2) is 22.2 Å². The fourth-order valence-electron chi connectivity index (χ4n) is 10.5. The monoisotopic (exact) mass is 1330 g/mol. The molecule has 414 valence electrons. The molecule has 0 N–H and O–H groups in total. The van der Waals surface area contributed by atoms with Crippen molar-refractivity contribution < 1.29 is 77.0 Å². The SMILES string of the molecule is [2H]c1c([2H])c([2H])c(-c2ccc3c(c2)n(-c2[c-]c(Oc4[c-]c5c(cc4)c4ccccc4n5-c4cc(C([2H])([2H])[2H])c(-c5c([2H])c([2H])c([2H])c([2H])c5C([2H])([2H])[2H])cn4)ccc2)[c-][n+]3-c2c(-c3c([2H])c([2H])c([2H])c([Si](c4c([2H])c([2H])c([2H])c([2H])c4[2H])(c4c([2H])c([2H])c([2H])c([2H])c4[2H])c4c([2H])c([2H])c([2H])c([2H])c4[2H])c3[2H])cccc2C(C)(C)C)c([2H])c1[2H].[Pt]. The Hall–Kier alpha value is -9.45. The normalized spacial score (nSPS) is 17.7. The van der Waals surface area contributed by atoms with Gasteiger partial charge in [-0.15, -0.1) is 29.7 Å². The van der Waals surface area contributed by atoms with E-state index in [1.54, 1.807) is 79.9 Å². The van der Waals surface area contributed by atoms with Crippen molar-refractivity contribution in [2.45, 2.75) is 39.9 Å². The zero-order valence-electron chi connectivity index (χ0n) is 78.8. The first kappa shape index (κ1) is 28.4. The maximum absolute atomic E-state index is 10.9. The zero-order valence-corrected chi connectivity index (χ0v) is 48.1. The molecule has 14 rings (SSSR count). The minimum atomic E-state index is -6.37. The summed E-state index contributed by atoms with van der Waals surface area (Å²) in [6.07, 6.45) is 4.42. The van der Waals surface area contributed by atoms with Crippen LogP contribution in [0.2, 0.25) is 0 Å². The Bertz CT molecular complexity index is 6470. The van der Waals surface area contributed by atoms with Crippen LogP contribution in [0.5, 0.6) is 11.5 Å². The fourth-order valence-corrected chi connectivity index (χ4v) is 14.1. The Kier molecular flexibility index (Phi) is 7.56. The fraction of sp³-hybridized carbons (Fsp3) is 0.0769. The van der Waals surface area contributed by atoms with E-state index in [0.717, 1.165) is 6.20 Å². The van der Waals surface area contributed by atoms with Gasteiger partial charge in [-0.3, -0.25) is 4.57 Å². The molecule has 5 nitrogen and oxygen atoms in total. The first-order valence-electron chi connectivity index (χ1n) is 43.0. The third-order valence-electron chi connectivity index (χ3n) is 14.3. The number of pyridine rings is 1. The van der Waals surface area contributed by atoms with Crippen LogP contribution in [0.4, 0.5) is 0 Å². The second-order valence-corrected chi connectivity index (χ2v) is 23.7. The number of rotatable bonds is 12. The van der Waals surface area contributed by atoms with E-state index >= 15 is 0 Å². The van der Waals surface area contributed by atoms with E-state index in [9.17, 15) is 13.7 Å². The van der Waals surface area contributed by atoms with Crippen LogP contribution in [-0.2, 0) is 26.5 Å². The van der Waals surface area contributed by atoms with Crippen molar-refractivity contribution in [2.75, 3.05) is 0 Å². The van der Waals surface area contributed by atoms with E-state index in [4.69, 9.17) is 37.6 Å². The number of para-hydroxylation sites is 2. The molecule has 0 aliphatic carbocycles. The first-order chi connectivity index (χ1) is 55.2. The first-order valence-corrected chi connectivity index (χ1v) is 28.0. The summed E-state index contributed by atoms with van der Waals surface area (Å²) in [5.74, 6) is -0.0444. The number of ether oxygens (including phenoxy) is 1. The summed E-state index contributed by atoms with van der Waals surface area (Å²) in [4.78, 5) is 4.65. The molecule has 0 radical (unpaired) electrons. The number of fused-ring (bicyclic) bond motifs is 4. The summed E-state index contributed by atoms with van der Waals surface area (Å²) in [5.41, 5.74) is -2.87. The van der Waals surface area contributed by atoms with Crippen molar-refractivity contribution in [3.63, 3.8) is 0 Å². The number of aryl methyl sites for hydroxylation is 1. The van der Waals surface area contributed by atoms with Gasteiger partial charge in [0.25, 0.3) is 6.33 Å². The van der Waals surface area contributed by atoms with E-state index in [1.807, 2.05) is 0 Å². The van der Waals surface area contributed by atoms with E-state index in [1.165, 1.54) is 51.6 Å². The summed E-state index contributed by atoms with van der Waals surface area (Å²) >= 11 is 0. The van der Waals surface area contributed by atoms with Crippen molar-refractivity contribution in [3.8, 4) is 62.1 Å².